The van der Waals surface area contributed by atoms with Crippen LogP contribution in [-0.2, 0) is 18.7 Å². The molecule has 2 fully saturated rings. The smallest absolute Gasteiger partial charge is 0.488 e. The Labute approximate surface area is 322 Å². The lowest BCUT2D eigenvalue weighted by Crippen LogP contribution is -2.66. The number of fused-ring (bicyclic) bond motifs is 4. The van der Waals surface area contributed by atoms with E-state index in [-0.39, 0.29) is 40.9 Å². The lowest BCUT2D eigenvalue weighted by Gasteiger charge is -2.45. The number of hydrogen-bond donors (Lipinski definition) is 4. The molecule has 3 aliphatic rings. The van der Waals surface area contributed by atoms with Gasteiger partial charge in [0.1, 0.15) is 5.75 Å². The average Bonchev–Trinajstić information content (AvgIpc) is 3.44. The van der Waals surface area contributed by atoms with Gasteiger partial charge in [-0.2, -0.15) is 0 Å². The third kappa shape index (κ3) is 6.27. The minimum atomic E-state index is -3.05. The fourth-order valence-electron chi connectivity index (χ4n) is 9.37. The summed E-state index contributed by atoms with van der Waals surface area (Å²) < 4.78 is 13.8. The topological polar surface area (TPSA) is 137 Å². The molecule has 278 valence electrons. The molecule has 0 bridgehead atoms. The zero-order valence-corrected chi connectivity index (χ0v) is 32.0. The Bertz CT molecular complexity index is 2260. The molecule has 55 heavy (non-hydrogen) atoms. The number of phenols is 1. The first-order valence-electron chi connectivity index (χ1n) is 18.8. The van der Waals surface area contributed by atoms with Crippen LogP contribution >= 0.6 is 0 Å². The van der Waals surface area contributed by atoms with Gasteiger partial charge in [0.15, 0.2) is 0 Å². The highest BCUT2D eigenvalue weighted by Gasteiger charge is 2.59. The average molecular weight is 752 g/mol. The molecule has 5 aromatic rings. The Morgan fingerprint density at radius 3 is 2.09 bits per heavy atom. The number of nitrogens with zero attached hydrogens (tertiary/aromatic N) is 1. The van der Waals surface area contributed by atoms with Crippen molar-refractivity contribution in [3.05, 3.63) is 138 Å². The van der Waals surface area contributed by atoms with Crippen molar-refractivity contribution in [2.75, 3.05) is 11.5 Å². The molecule has 4 atom stereocenters. The molecule has 2 amide bonds. The van der Waals surface area contributed by atoms with Gasteiger partial charge in [0.05, 0.1) is 30.2 Å². The lowest BCUT2D eigenvalue weighted by atomic mass is 9.55. The number of phenolic OH excluding ortho intramolecular Hbond substituents is 1. The van der Waals surface area contributed by atoms with Crippen LogP contribution in [0.15, 0.2) is 132 Å². The van der Waals surface area contributed by atoms with Gasteiger partial charge in [-0.25, -0.2) is 0 Å². The van der Waals surface area contributed by atoms with Crippen molar-refractivity contribution < 1.29 is 38.8 Å². The van der Waals surface area contributed by atoms with Gasteiger partial charge in [-0.15, -0.1) is 0 Å². The van der Waals surface area contributed by atoms with Gasteiger partial charge in [0, 0.05) is 5.39 Å². The van der Waals surface area contributed by atoms with Gasteiger partial charge in [0.2, 0.25) is 11.8 Å². The molecular formula is C43H43B2NO8Si. The highest BCUT2D eigenvalue weighted by atomic mass is 28.4. The first kappa shape index (κ1) is 37.1. The quantitative estimate of drug-likeness (QED) is 0.135. The van der Waals surface area contributed by atoms with Crippen molar-refractivity contribution >= 4 is 66.7 Å². The molecule has 2 heterocycles. The molecule has 0 spiro atoms. The zero-order chi connectivity index (χ0) is 38.6. The molecule has 0 radical (unpaired) electrons. The third-order valence-corrected chi connectivity index (χ3v) is 16.8. The van der Waals surface area contributed by atoms with E-state index in [1.54, 1.807) is 24.3 Å². The molecule has 2 aliphatic heterocycles. The van der Waals surface area contributed by atoms with Gasteiger partial charge in [-0.3, -0.25) is 14.5 Å². The molecule has 8 rings (SSSR count). The van der Waals surface area contributed by atoms with Crippen LogP contribution in [0.2, 0.25) is 5.04 Å². The van der Waals surface area contributed by atoms with E-state index in [2.05, 4.69) is 45.0 Å². The van der Waals surface area contributed by atoms with E-state index in [0.717, 1.165) is 31.8 Å². The van der Waals surface area contributed by atoms with Crippen molar-refractivity contribution in [1.82, 2.24) is 0 Å². The molecule has 0 saturated carbocycles. The Balaban J connectivity index is 1.24. The largest absolute Gasteiger partial charge is 0.507 e. The number of imide groups is 1. The SMILES string of the molecule is CC(C)(C)[Si](OCC1=C2B(O)O[C@H](c3ccc(O)c4ccccc34)C[C@H]2[C@H]2C(=O)N(c3cccc(B(O)O)c3)C(=O)[C@H]2C1)(c1ccccc1)c1ccccc1. The second kappa shape index (κ2) is 14.4. The summed E-state index contributed by atoms with van der Waals surface area (Å²) in [5, 5.41) is 45.8. The van der Waals surface area contributed by atoms with Gasteiger partial charge in [-0.1, -0.05) is 124 Å². The van der Waals surface area contributed by atoms with Gasteiger partial charge in [0.25, 0.3) is 8.32 Å². The number of anilines is 1. The second-order valence-corrected chi connectivity index (χ2v) is 20.2. The Hall–Kier alpha value is -4.81. The van der Waals surface area contributed by atoms with E-state index in [1.165, 1.54) is 12.1 Å². The van der Waals surface area contributed by atoms with Crippen molar-refractivity contribution in [2.24, 2.45) is 17.8 Å². The maximum Gasteiger partial charge on any atom is 0.488 e. The highest BCUT2D eigenvalue weighted by molar-refractivity contribution is 6.99. The lowest BCUT2D eigenvalue weighted by molar-refractivity contribution is -0.123. The molecule has 9 nitrogen and oxygen atoms in total. The number of rotatable bonds is 8. The predicted molar refractivity (Wildman–Crippen MR) is 216 cm³/mol. The summed E-state index contributed by atoms with van der Waals surface area (Å²) in [6.07, 6.45) is -0.171. The molecule has 5 aromatic carbocycles. The summed E-state index contributed by atoms with van der Waals surface area (Å²) in [5.74, 6) is -2.78. The number of carbonyl (C=O) groups excluding carboxylic acids is 2. The van der Waals surface area contributed by atoms with E-state index >= 15 is 0 Å². The maximum absolute atomic E-state index is 14.6. The van der Waals surface area contributed by atoms with Crippen LogP contribution in [0.3, 0.4) is 0 Å². The van der Waals surface area contributed by atoms with Crippen molar-refractivity contribution in [1.29, 1.82) is 0 Å². The van der Waals surface area contributed by atoms with Gasteiger partial charge >= 0.3 is 14.2 Å². The molecule has 0 unspecified atom stereocenters. The van der Waals surface area contributed by atoms with Crippen molar-refractivity contribution in [3.8, 4) is 5.75 Å². The minimum Gasteiger partial charge on any atom is -0.507 e. The first-order valence-corrected chi connectivity index (χ1v) is 20.7. The van der Waals surface area contributed by atoms with Crippen LogP contribution in [0.4, 0.5) is 5.69 Å². The summed E-state index contributed by atoms with van der Waals surface area (Å²) in [6.45, 7) is 6.69. The summed E-state index contributed by atoms with van der Waals surface area (Å²) in [4.78, 5) is 30.3. The van der Waals surface area contributed by atoms with Crippen molar-refractivity contribution in [2.45, 2.75) is 44.8 Å². The van der Waals surface area contributed by atoms with Crippen LogP contribution in [0.1, 0.15) is 45.3 Å². The standard InChI is InChI=1S/C43H43B2NO8Si/c1-43(2,3)55(30-15-6-4-7-16-30,31-17-8-5-9-18-31)53-26-27-23-36-39(42(49)46(41(36)48)29-14-12-13-28(24-29)44(50)51)35-25-38(54-45(52)40(27)35)34-21-22-37(47)33-20-11-10-19-32(33)34/h4-22,24,35-36,38-39,47,50-52H,23,25-26H2,1-3H3/t35-,36-,38-,39+/m0/s1. The summed E-state index contributed by atoms with van der Waals surface area (Å²) in [5.41, 5.74) is 2.49. The Morgan fingerprint density at radius 1 is 0.818 bits per heavy atom. The molecule has 4 N–H and O–H groups in total. The molecule has 0 aromatic heterocycles. The molecule has 12 heteroatoms. The number of aromatic hydroxyl groups is 1. The summed E-state index contributed by atoms with van der Waals surface area (Å²) in [6, 6.07) is 37.5. The zero-order valence-electron chi connectivity index (χ0n) is 31.0. The number of amides is 2. The van der Waals surface area contributed by atoms with E-state index in [1.807, 2.05) is 60.7 Å². The van der Waals surface area contributed by atoms with E-state index < -0.39 is 52.3 Å². The van der Waals surface area contributed by atoms with Crippen LogP contribution in [0, 0.1) is 17.8 Å². The van der Waals surface area contributed by atoms with E-state index in [9.17, 15) is 29.8 Å². The van der Waals surface area contributed by atoms with Crippen LogP contribution in [0.5, 0.6) is 5.75 Å². The third-order valence-electron chi connectivity index (χ3n) is 11.8. The molecule has 1 aliphatic carbocycles. The van der Waals surface area contributed by atoms with E-state index in [0.29, 0.717) is 17.3 Å². The van der Waals surface area contributed by atoms with Gasteiger partial charge < -0.3 is 29.3 Å². The van der Waals surface area contributed by atoms with Crippen LogP contribution in [-0.4, -0.2) is 61.2 Å². The fourth-order valence-corrected chi connectivity index (χ4v) is 13.9. The molecule has 2 saturated heterocycles. The number of allylic oxidation sites excluding steroid dienone is 1. The number of benzene rings is 5. The van der Waals surface area contributed by atoms with Crippen LogP contribution in [0.25, 0.3) is 10.8 Å². The minimum absolute atomic E-state index is 0.114. The number of hydrogen-bond acceptors (Lipinski definition) is 8. The Kier molecular flexibility index (Phi) is 9.69. The Morgan fingerprint density at radius 2 is 1.45 bits per heavy atom. The van der Waals surface area contributed by atoms with Gasteiger partial charge in [-0.05, 0) is 79.8 Å². The summed E-state index contributed by atoms with van der Waals surface area (Å²) in [7, 11) is -6.22. The predicted octanol–water partition coefficient (Wildman–Crippen LogP) is 4.41. The normalized spacial score (nSPS) is 21.6. The second-order valence-electron chi connectivity index (χ2n) is 15.9. The monoisotopic (exact) mass is 751 g/mol. The van der Waals surface area contributed by atoms with Crippen molar-refractivity contribution in [3.63, 3.8) is 0 Å². The number of carbonyl (C=O) groups is 2. The maximum atomic E-state index is 14.6. The van der Waals surface area contributed by atoms with E-state index in [4.69, 9.17) is 9.08 Å². The molecular weight excluding hydrogens is 708 g/mol. The van der Waals surface area contributed by atoms with Crippen LogP contribution < -0.4 is 20.7 Å². The highest BCUT2D eigenvalue weighted by Crippen LogP contribution is 2.53. The summed E-state index contributed by atoms with van der Waals surface area (Å²) >= 11 is 0. The first-order chi connectivity index (χ1) is 26.4. The fraction of sp³-hybridized carbons (Fsp3) is 0.256.